The number of anilines is 1. The van der Waals surface area contributed by atoms with E-state index in [1.54, 1.807) is 23.9 Å². The minimum absolute atomic E-state index is 0.0296. The van der Waals surface area contributed by atoms with Crippen LogP contribution in [0, 0.1) is 17.0 Å². The zero-order chi connectivity index (χ0) is 13.1. The van der Waals surface area contributed by atoms with Crippen molar-refractivity contribution in [1.82, 2.24) is 14.8 Å². The molecule has 2 rings (SSSR count). The third-order valence-corrected chi connectivity index (χ3v) is 2.49. The van der Waals surface area contributed by atoms with Gasteiger partial charge in [0, 0.05) is 31.4 Å². The van der Waals surface area contributed by atoms with Gasteiger partial charge in [0.2, 0.25) is 0 Å². The molecule has 0 unspecified atom stereocenters. The van der Waals surface area contributed by atoms with Crippen molar-refractivity contribution in [2.45, 2.75) is 13.5 Å². The molecule has 0 aliphatic heterocycles. The van der Waals surface area contributed by atoms with Crippen molar-refractivity contribution >= 4 is 11.5 Å². The largest absolute Gasteiger partial charge is 0.366 e. The normalized spacial score (nSPS) is 10.3. The lowest BCUT2D eigenvalue weighted by atomic mass is 10.3. The molecule has 0 saturated heterocycles. The van der Waals surface area contributed by atoms with Crippen molar-refractivity contribution < 1.29 is 4.92 Å². The van der Waals surface area contributed by atoms with Crippen LogP contribution in [0.25, 0.3) is 0 Å². The number of aryl methyl sites for hydroxylation is 2. The Hall–Kier alpha value is -2.44. The van der Waals surface area contributed by atoms with E-state index in [-0.39, 0.29) is 5.69 Å². The van der Waals surface area contributed by atoms with E-state index < -0.39 is 4.92 Å². The first kappa shape index (κ1) is 12.0. The van der Waals surface area contributed by atoms with Gasteiger partial charge in [0.1, 0.15) is 11.5 Å². The van der Waals surface area contributed by atoms with Crippen LogP contribution in [-0.4, -0.2) is 19.7 Å². The van der Waals surface area contributed by atoms with Crippen LogP contribution in [-0.2, 0) is 13.6 Å². The molecule has 0 aliphatic rings. The molecule has 0 radical (unpaired) electrons. The topological polar surface area (TPSA) is 85.9 Å². The molecule has 0 fully saturated rings. The summed E-state index contributed by atoms with van der Waals surface area (Å²) in [5, 5.41) is 17.8. The van der Waals surface area contributed by atoms with Crippen LogP contribution in [0.3, 0.4) is 0 Å². The Morgan fingerprint density at radius 2 is 2.28 bits per heavy atom. The summed E-state index contributed by atoms with van der Waals surface area (Å²) in [4.78, 5) is 14.3. The molecule has 7 nitrogen and oxygen atoms in total. The fourth-order valence-corrected chi connectivity index (χ4v) is 1.60. The van der Waals surface area contributed by atoms with Gasteiger partial charge >= 0.3 is 0 Å². The molecule has 0 aromatic carbocycles. The first-order valence-electron chi connectivity index (χ1n) is 5.39. The van der Waals surface area contributed by atoms with Crippen LogP contribution >= 0.6 is 0 Å². The highest BCUT2D eigenvalue weighted by molar-refractivity contribution is 5.45. The summed E-state index contributed by atoms with van der Waals surface area (Å²) in [6.07, 6.45) is 3.65. The van der Waals surface area contributed by atoms with E-state index in [0.717, 1.165) is 5.56 Å². The number of aromatic nitrogens is 3. The van der Waals surface area contributed by atoms with Gasteiger partial charge in [-0.25, -0.2) is 4.98 Å². The maximum atomic E-state index is 10.6. The van der Waals surface area contributed by atoms with Crippen molar-refractivity contribution in [1.29, 1.82) is 0 Å². The quantitative estimate of drug-likeness (QED) is 0.655. The van der Waals surface area contributed by atoms with Crippen LogP contribution in [0.2, 0.25) is 0 Å². The smallest absolute Gasteiger partial charge is 0.290 e. The summed E-state index contributed by atoms with van der Waals surface area (Å²) >= 11 is 0. The molecule has 94 valence electrons. The van der Waals surface area contributed by atoms with E-state index >= 15 is 0 Å². The first-order chi connectivity index (χ1) is 8.56. The molecule has 2 aromatic rings. The van der Waals surface area contributed by atoms with Crippen molar-refractivity contribution in [3.05, 3.63) is 45.9 Å². The second-order valence-electron chi connectivity index (χ2n) is 3.93. The lowest BCUT2D eigenvalue weighted by Crippen LogP contribution is -2.03. The summed E-state index contributed by atoms with van der Waals surface area (Å²) in [6.45, 7) is 2.20. The molecule has 18 heavy (non-hydrogen) atoms. The molecule has 2 heterocycles. The second kappa shape index (κ2) is 4.82. The first-order valence-corrected chi connectivity index (χ1v) is 5.39. The maximum Gasteiger partial charge on any atom is 0.290 e. The van der Waals surface area contributed by atoms with E-state index in [2.05, 4.69) is 15.4 Å². The summed E-state index contributed by atoms with van der Waals surface area (Å²) in [6, 6.07) is 3.05. The van der Waals surface area contributed by atoms with Gasteiger partial charge in [0.05, 0.1) is 11.1 Å². The Bertz CT molecular complexity index is 579. The standard InChI is InChI=1S/C11H13N5O2/c1-8-10(16(17)18)3-4-11(14-8)12-5-9-6-13-15(2)7-9/h3-4,6-7H,5H2,1-2H3,(H,12,14). The number of nitrogens with zero attached hydrogens (tertiary/aromatic N) is 4. The van der Waals surface area contributed by atoms with E-state index in [0.29, 0.717) is 18.1 Å². The molecule has 1 N–H and O–H groups in total. The molecule has 0 atom stereocenters. The minimum atomic E-state index is -0.437. The van der Waals surface area contributed by atoms with Crippen LogP contribution in [0.4, 0.5) is 11.5 Å². The van der Waals surface area contributed by atoms with Crippen LogP contribution in [0.15, 0.2) is 24.5 Å². The van der Waals surface area contributed by atoms with Crippen LogP contribution in [0.5, 0.6) is 0 Å². The number of nitro groups is 1. The van der Waals surface area contributed by atoms with Gasteiger partial charge in [0.25, 0.3) is 5.69 Å². The van der Waals surface area contributed by atoms with Crippen molar-refractivity contribution in [2.75, 3.05) is 5.32 Å². The van der Waals surface area contributed by atoms with Crippen molar-refractivity contribution in [2.24, 2.45) is 7.05 Å². The number of nitrogens with one attached hydrogen (secondary N) is 1. The predicted octanol–water partition coefficient (Wildman–Crippen LogP) is 1.64. The van der Waals surface area contributed by atoms with Gasteiger partial charge in [-0.3, -0.25) is 14.8 Å². The number of rotatable bonds is 4. The lowest BCUT2D eigenvalue weighted by Gasteiger charge is -2.04. The molecule has 0 bridgehead atoms. The summed E-state index contributed by atoms with van der Waals surface area (Å²) in [5.41, 5.74) is 1.45. The molecule has 0 spiro atoms. The molecule has 0 aliphatic carbocycles. The fraction of sp³-hybridized carbons (Fsp3) is 0.273. The SMILES string of the molecule is Cc1nc(NCc2cnn(C)c2)ccc1[N+](=O)[O-]. The molecule has 2 aromatic heterocycles. The average molecular weight is 247 g/mol. The third-order valence-electron chi connectivity index (χ3n) is 2.49. The highest BCUT2D eigenvalue weighted by Crippen LogP contribution is 2.18. The van der Waals surface area contributed by atoms with Crippen molar-refractivity contribution in [3.63, 3.8) is 0 Å². The third kappa shape index (κ3) is 2.62. The van der Waals surface area contributed by atoms with E-state index in [9.17, 15) is 10.1 Å². The number of hydrogen-bond acceptors (Lipinski definition) is 5. The Morgan fingerprint density at radius 3 is 2.83 bits per heavy atom. The van der Waals surface area contributed by atoms with Gasteiger partial charge in [-0.05, 0) is 13.0 Å². The van der Waals surface area contributed by atoms with Gasteiger partial charge in [-0.15, -0.1) is 0 Å². The highest BCUT2D eigenvalue weighted by Gasteiger charge is 2.11. The Morgan fingerprint density at radius 1 is 1.50 bits per heavy atom. The van der Waals surface area contributed by atoms with E-state index in [1.165, 1.54) is 6.07 Å². The maximum absolute atomic E-state index is 10.6. The predicted molar refractivity (Wildman–Crippen MR) is 66.2 cm³/mol. The minimum Gasteiger partial charge on any atom is -0.366 e. The van der Waals surface area contributed by atoms with E-state index in [4.69, 9.17) is 0 Å². The molecule has 0 amide bonds. The summed E-state index contributed by atoms with van der Waals surface area (Å²) < 4.78 is 1.71. The van der Waals surface area contributed by atoms with Gasteiger partial charge in [0.15, 0.2) is 0 Å². The second-order valence-corrected chi connectivity index (χ2v) is 3.93. The highest BCUT2D eigenvalue weighted by atomic mass is 16.6. The molecule has 7 heteroatoms. The Balaban J connectivity index is 2.06. The molecule has 0 saturated carbocycles. The van der Waals surface area contributed by atoms with Gasteiger partial charge in [-0.2, -0.15) is 5.10 Å². The fourth-order valence-electron chi connectivity index (χ4n) is 1.60. The molecular formula is C11H13N5O2. The zero-order valence-electron chi connectivity index (χ0n) is 10.1. The van der Waals surface area contributed by atoms with E-state index in [1.807, 2.05) is 13.2 Å². The number of hydrogen-bond donors (Lipinski definition) is 1. The Labute approximate surface area is 104 Å². The Kier molecular flexibility index (Phi) is 3.22. The van der Waals surface area contributed by atoms with Crippen LogP contribution < -0.4 is 5.32 Å². The van der Waals surface area contributed by atoms with Crippen LogP contribution in [0.1, 0.15) is 11.3 Å². The van der Waals surface area contributed by atoms with Gasteiger partial charge < -0.3 is 5.32 Å². The number of pyridine rings is 1. The summed E-state index contributed by atoms with van der Waals surface area (Å²) in [5.74, 6) is 0.613. The zero-order valence-corrected chi connectivity index (χ0v) is 10.1. The monoisotopic (exact) mass is 247 g/mol. The average Bonchev–Trinajstić information content (AvgIpc) is 2.72. The summed E-state index contributed by atoms with van der Waals surface area (Å²) in [7, 11) is 1.85. The lowest BCUT2D eigenvalue weighted by molar-refractivity contribution is -0.385. The molecular weight excluding hydrogens is 234 g/mol. The van der Waals surface area contributed by atoms with Crippen molar-refractivity contribution in [3.8, 4) is 0 Å². The van der Waals surface area contributed by atoms with Gasteiger partial charge in [-0.1, -0.05) is 0 Å².